The fraction of sp³-hybridized carbons (Fsp3) is 0.655. The Morgan fingerprint density at radius 2 is 1.69 bits per heavy atom. The molecule has 0 unspecified atom stereocenters. The van der Waals surface area contributed by atoms with E-state index in [4.69, 9.17) is 9.47 Å². The lowest BCUT2D eigenvalue weighted by Crippen LogP contribution is -2.49. The first-order chi connectivity index (χ1) is 16.6. The van der Waals surface area contributed by atoms with Gasteiger partial charge in [0.25, 0.3) is 0 Å². The van der Waals surface area contributed by atoms with E-state index in [-0.39, 0.29) is 24.1 Å². The first-order valence-electron chi connectivity index (χ1n) is 13.2. The van der Waals surface area contributed by atoms with Gasteiger partial charge in [-0.1, -0.05) is 48.9 Å². The van der Waals surface area contributed by atoms with E-state index in [0.717, 1.165) is 38.5 Å². The second-order valence-electron chi connectivity index (χ2n) is 11.0. The molecule has 6 nitrogen and oxygen atoms in total. The molecule has 0 radical (unpaired) electrons. The molecule has 35 heavy (non-hydrogen) atoms. The van der Waals surface area contributed by atoms with Gasteiger partial charge in [-0.2, -0.15) is 0 Å². The average Bonchev–Trinajstić information content (AvgIpc) is 3.60. The minimum absolute atomic E-state index is 0.170. The summed E-state index contributed by atoms with van der Waals surface area (Å²) in [4.78, 5) is 29.3. The molecule has 6 heteroatoms. The molecule has 1 aromatic rings. The maximum atomic E-state index is 13.4. The quantitative estimate of drug-likeness (QED) is 0.408. The monoisotopic (exact) mass is 484 g/mol. The number of hydrogen-bond donors (Lipinski definition) is 0. The molecule has 2 aliphatic carbocycles. The molecule has 0 aromatic heterocycles. The van der Waals surface area contributed by atoms with Crippen molar-refractivity contribution in [2.75, 3.05) is 20.7 Å². The van der Waals surface area contributed by atoms with Crippen molar-refractivity contribution in [3.8, 4) is 0 Å². The van der Waals surface area contributed by atoms with Gasteiger partial charge in [0, 0.05) is 30.6 Å². The molecule has 194 valence electrons. The van der Waals surface area contributed by atoms with Crippen molar-refractivity contribution < 1.29 is 19.1 Å². The van der Waals surface area contributed by atoms with E-state index >= 15 is 0 Å². The lowest BCUT2D eigenvalue weighted by Gasteiger charge is -2.40. The van der Waals surface area contributed by atoms with E-state index in [1.165, 1.54) is 18.2 Å². The first-order valence-corrected chi connectivity index (χ1v) is 13.2. The first kappa shape index (κ1) is 27.3. The van der Waals surface area contributed by atoms with Crippen LogP contribution in [0.4, 0.5) is 4.79 Å². The van der Waals surface area contributed by atoms with Crippen LogP contribution in [0.2, 0.25) is 0 Å². The summed E-state index contributed by atoms with van der Waals surface area (Å²) in [5, 5.41) is 0. The molecule has 1 aromatic carbocycles. The fourth-order valence-corrected chi connectivity index (χ4v) is 5.32. The Morgan fingerprint density at radius 3 is 2.26 bits per heavy atom. The maximum Gasteiger partial charge on any atom is 0.410 e. The molecule has 0 spiro atoms. The third kappa shape index (κ3) is 7.83. The van der Waals surface area contributed by atoms with Crippen LogP contribution >= 0.6 is 0 Å². The molecule has 0 saturated heterocycles. The largest absolute Gasteiger partial charge is 0.469 e. The van der Waals surface area contributed by atoms with Crippen LogP contribution in [-0.4, -0.2) is 66.3 Å². The second kappa shape index (κ2) is 12.1. The van der Waals surface area contributed by atoms with Crippen molar-refractivity contribution in [3.05, 3.63) is 41.5 Å². The van der Waals surface area contributed by atoms with Crippen LogP contribution in [0.25, 0.3) is 6.08 Å². The van der Waals surface area contributed by atoms with Crippen LogP contribution in [0.15, 0.2) is 35.9 Å². The van der Waals surface area contributed by atoms with Crippen LogP contribution < -0.4 is 0 Å². The maximum absolute atomic E-state index is 13.4. The zero-order valence-electron chi connectivity index (χ0n) is 22.5. The zero-order valence-corrected chi connectivity index (χ0v) is 22.5. The molecule has 1 amide bonds. The van der Waals surface area contributed by atoms with Gasteiger partial charge < -0.3 is 19.3 Å². The molecular formula is C29H44N2O4. The van der Waals surface area contributed by atoms with Gasteiger partial charge in [-0.15, -0.1) is 0 Å². The minimum atomic E-state index is -0.515. The van der Waals surface area contributed by atoms with Crippen molar-refractivity contribution in [2.45, 2.75) is 96.4 Å². The Balaban J connectivity index is 1.68. The Labute approximate surface area is 211 Å². The lowest BCUT2D eigenvalue weighted by atomic mass is 9.89. The molecule has 2 atom stereocenters. The van der Waals surface area contributed by atoms with Gasteiger partial charge in [-0.3, -0.25) is 4.79 Å². The summed E-state index contributed by atoms with van der Waals surface area (Å²) < 4.78 is 10.7. The van der Waals surface area contributed by atoms with Crippen molar-refractivity contribution in [3.63, 3.8) is 0 Å². The Bertz CT molecular complexity index is 868. The van der Waals surface area contributed by atoms with Crippen LogP contribution in [0.3, 0.4) is 0 Å². The SMILES string of the molecule is CC/C(=C\c1ccccc1)[C@@H]1C[C@H]1N(C(=O)OC(C)(C)C)C1CCC(N(C)CCC(=O)OC)CC1. The Hall–Kier alpha value is -2.34. The Morgan fingerprint density at radius 1 is 1.06 bits per heavy atom. The number of carbonyl (C=O) groups is 2. The highest BCUT2D eigenvalue weighted by molar-refractivity contribution is 5.70. The van der Waals surface area contributed by atoms with Crippen molar-refractivity contribution in [2.24, 2.45) is 5.92 Å². The van der Waals surface area contributed by atoms with Crippen molar-refractivity contribution >= 4 is 18.1 Å². The highest BCUT2D eigenvalue weighted by atomic mass is 16.6. The number of benzene rings is 1. The number of nitrogens with zero attached hydrogens (tertiary/aromatic N) is 2. The van der Waals surface area contributed by atoms with E-state index in [1.807, 2.05) is 26.8 Å². The highest BCUT2D eigenvalue weighted by Gasteiger charge is 2.49. The predicted octanol–water partition coefficient (Wildman–Crippen LogP) is 5.91. The van der Waals surface area contributed by atoms with E-state index in [1.54, 1.807) is 0 Å². The van der Waals surface area contributed by atoms with Crippen LogP contribution in [0.1, 0.15) is 78.2 Å². The highest BCUT2D eigenvalue weighted by Crippen LogP contribution is 2.46. The molecule has 2 fully saturated rings. The number of esters is 1. The van der Waals surface area contributed by atoms with Gasteiger partial charge in [-0.25, -0.2) is 4.79 Å². The Kier molecular flexibility index (Phi) is 9.40. The zero-order chi connectivity index (χ0) is 25.6. The summed E-state index contributed by atoms with van der Waals surface area (Å²) in [6.45, 7) is 8.72. The number of methoxy groups -OCH3 is 1. The summed E-state index contributed by atoms with van der Waals surface area (Å²) in [7, 11) is 3.52. The van der Waals surface area contributed by atoms with Gasteiger partial charge >= 0.3 is 12.1 Å². The normalized spacial score (nSPS) is 24.7. The predicted molar refractivity (Wildman–Crippen MR) is 140 cm³/mol. The molecular weight excluding hydrogens is 440 g/mol. The molecule has 2 saturated carbocycles. The topological polar surface area (TPSA) is 59.1 Å². The van der Waals surface area contributed by atoms with Crippen molar-refractivity contribution in [1.82, 2.24) is 9.80 Å². The molecule has 0 N–H and O–H groups in total. The van der Waals surface area contributed by atoms with Crippen LogP contribution in [0, 0.1) is 5.92 Å². The molecule has 0 aliphatic heterocycles. The number of ether oxygens (including phenoxy) is 2. The molecule has 3 rings (SSSR count). The average molecular weight is 485 g/mol. The summed E-state index contributed by atoms with van der Waals surface area (Å²) in [5.41, 5.74) is 2.11. The minimum Gasteiger partial charge on any atom is -0.469 e. The van der Waals surface area contributed by atoms with Gasteiger partial charge in [0.05, 0.1) is 13.5 Å². The van der Waals surface area contributed by atoms with Crippen molar-refractivity contribution in [1.29, 1.82) is 0 Å². The molecule has 0 bridgehead atoms. The molecule has 0 heterocycles. The summed E-state index contributed by atoms with van der Waals surface area (Å²) >= 11 is 0. The third-order valence-electron chi connectivity index (χ3n) is 7.33. The van der Waals surface area contributed by atoms with Gasteiger partial charge in [0.2, 0.25) is 0 Å². The van der Waals surface area contributed by atoms with E-state index in [2.05, 4.69) is 54.1 Å². The second-order valence-corrected chi connectivity index (χ2v) is 11.0. The molecule has 2 aliphatic rings. The smallest absolute Gasteiger partial charge is 0.410 e. The van der Waals surface area contributed by atoms with Gasteiger partial charge in [0.15, 0.2) is 0 Å². The standard InChI is InChI=1S/C29H44N2O4/c1-7-22(19-21-11-9-8-10-12-21)25-20-26(25)31(28(33)35-29(2,3)4)24-15-13-23(14-16-24)30(5)18-17-27(32)34-6/h8-12,19,23-26H,7,13-18,20H2,1-6H3/b22-19+/t23?,24?,25-,26+/m0/s1. The number of rotatable bonds is 9. The fourth-order valence-electron chi connectivity index (χ4n) is 5.32. The lowest BCUT2D eigenvalue weighted by molar-refractivity contribution is -0.141. The third-order valence-corrected chi connectivity index (χ3v) is 7.33. The van der Waals surface area contributed by atoms with E-state index in [0.29, 0.717) is 24.9 Å². The van der Waals surface area contributed by atoms with Gasteiger partial charge in [-0.05, 0) is 71.9 Å². The van der Waals surface area contributed by atoms with E-state index < -0.39 is 5.60 Å². The van der Waals surface area contributed by atoms with Crippen LogP contribution in [0.5, 0.6) is 0 Å². The van der Waals surface area contributed by atoms with Crippen LogP contribution in [-0.2, 0) is 14.3 Å². The number of amides is 1. The van der Waals surface area contributed by atoms with Gasteiger partial charge in [0.1, 0.15) is 5.60 Å². The van der Waals surface area contributed by atoms with E-state index in [9.17, 15) is 9.59 Å². The number of hydrogen-bond acceptors (Lipinski definition) is 5. The summed E-state index contributed by atoms with van der Waals surface area (Å²) in [6.07, 6.45) is 8.46. The number of carbonyl (C=O) groups excluding carboxylic acids is 2. The summed E-state index contributed by atoms with van der Waals surface area (Å²) in [6, 6.07) is 11.3. The summed E-state index contributed by atoms with van der Waals surface area (Å²) in [5.74, 6) is 0.227.